The van der Waals surface area contributed by atoms with E-state index in [2.05, 4.69) is 10.0 Å². The highest BCUT2D eigenvalue weighted by molar-refractivity contribution is 7.88. The predicted molar refractivity (Wildman–Crippen MR) is 95.6 cm³/mol. The van der Waals surface area contributed by atoms with Gasteiger partial charge in [0.2, 0.25) is 10.0 Å². The zero-order valence-corrected chi connectivity index (χ0v) is 15.7. The highest BCUT2D eigenvalue weighted by atomic mass is 32.2. The Morgan fingerprint density at radius 2 is 1.09 bits per heavy atom. The summed E-state index contributed by atoms with van der Waals surface area (Å²) in [7, 11) is -1.26. The Labute approximate surface area is 144 Å². The van der Waals surface area contributed by atoms with Gasteiger partial charge in [0, 0.05) is 15.9 Å². The molecule has 23 heavy (non-hydrogen) atoms. The summed E-state index contributed by atoms with van der Waals surface area (Å²) < 4.78 is 44.9. The normalized spacial score (nSPS) is 11.1. The number of sulfonamides is 1. The quantitative estimate of drug-likeness (QED) is 0.382. The van der Waals surface area contributed by atoms with Crippen LogP contribution in [0.4, 0.5) is 0 Å². The van der Waals surface area contributed by atoms with Gasteiger partial charge in [0.05, 0.1) is 59.1 Å². The summed E-state index contributed by atoms with van der Waals surface area (Å²) in [5.41, 5.74) is 0. The molecule has 0 radical (unpaired) electrons. The molecule has 0 aromatic carbocycles. The summed E-state index contributed by atoms with van der Waals surface area (Å²) in [6.07, 6.45) is 1.11. The number of likely N-dealkylation sites (N-methyl/N-ethyl adjacent to an activating group) is 1. The fraction of sp³-hybridized carbons (Fsp3) is 1.00. The summed E-state index contributed by atoms with van der Waals surface area (Å²) in [6, 6.07) is 0. The first-order valence-corrected chi connectivity index (χ1v) is 9.85. The highest BCUT2D eigenvalue weighted by Gasteiger charge is 1.98. The van der Waals surface area contributed by atoms with Crippen LogP contribution in [-0.4, -0.2) is 87.7 Å². The van der Waals surface area contributed by atoms with Crippen LogP contribution >= 0.6 is 0 Å². The van der Waals surface area contributed by atoms with Crippen molar-refractivity contribution in [2.24, 2.45) is 0 Å². The topological polar surface area (TPSA) is 95.1 Å². The fourth-order valence-electron chi connectivity index (χ4n) is 1.24. The Morgan fingerprint density at radius 3 is 1.43 bits per heavy atom. The third-order valence-corrected chi connectivity index (χ3v) is 2.95. The Hall–Kier alpha value is -0.290. The van der Waals surface area contributed by atoms with Crippen LogP contribution in [0.15, 0.2) is 0 Å². The third-order valence-electron chi connectivity index (χ3n) is 2.22. The zero-order chi connectivity index (χ0) is 17.8. The predicted octanol–water partition coefficient (Wildman–Crippen LogP) is 0.340. The molecule has 0 rings (SSSR count). The first-order chi connectivity index (χ1) is 11.1. The number of rotatable bonds is 16. The van der Waals surface area contributed by atoms with Crippen molar-refractivity contribution in [3.8, 4) is 0 Å². The molecule has 0 bridgehead atoms. The lowest BCUT2D eigenvalue weighted by molar-refractivity contribution is -0.000711. The molecule has 8 nitrogen and oxygen atoms in total. The largest absolute Gasteiger partial charge is 0.378 e. The van der Waals surface area contributed by atoms with E-state index in [-0.39, 0.29) is 9.40 Å². The number of ether oxygens (including phenoxy) is 4. The van der Waals surface area contributed by atoms with Crippen molar-refractivity contribution in [1.82, 2.24) is 10.0 Å². The average Bonchev–Trinajstić information content (AvgIpc) is 2.52. The van der Waals surface area contributed by atoms with Crippen LogP contribution in [0.2, 0.25) is 0 Å². The van der Waals surface area contributed by atoms with Crippen molar-refractivity contribution >= 4 is 10.0 Å². The molecule has 0 aliphatic heterocycles. The monoisotopic (exact) mass is 362 g/mol. The molecule has 0 aromatic rings. The van der Waals surface area contributed by atoms with Gasteiger partial charge in [-0.05, 0) is 7.05 Å². The molecule has 0 atom stereocenters. The van der Waals surface area contributed by atoms with Crippen molar-refractivity contribution < 1.29 is 30.2 Å². The van der Waals surface area contributed by atoms with Crippen molar-refractivity contribution in [1.29, 1.82) is 0 Å². The van der Waals surface area contributed by atoms with Gasteiger partial charge in [-0.1, -0.05) is 13.8 Å². The summed E-state index contributed by atoms with van der Waals surface area (Å²) >= 11 is 0. The molecule has 9 heteroatoms. The van der Waals surface area contributed by atoms with Crippen molar-refractivity contribution in [2.45, 2.75) is 13.8 Å². The second-order valence-corrected chi connectivity index (χ2v) is 6.05. The minimum absolute atomic E-state index is 0. The zero-order valence-electron chi connectivity index (χ0n) is 14.9. The molecule has 146 valence electrons. The van der Waals surface area contributed by atoms with Gasteiger partial charge in [-0.25, -0.2) is 13.1 Å². The van der Waals surface area contributed by atoms with Crippen LogP contribution in [0, 0.1) is 0 Å². The molecule has 2 N–H and O–H groups in total. The summed E-state index contributed by atoms with van der Waals surface area (Å²) in [4.78, 5) is 0. The van der Waals surface area contributed by atoms with Crippen molar-refractivity contribution in [3.05, 3.63) is 0 Å². The van der Waals surface area contributed by atoms with Crippen molar-refractivity contribution in [2.75, 3.05) is 79.2 Å². The van der Waals surface area contributed by atoms with Gasteiger partial charge in [0.1, 0.15) is 0 Å². The molecule has 0 aliphatic rings. The molecular weight excluding hydrogens is 324 g/mol. The van der Waals surface area contributed by atoms with E-state index in [0.29, 0.717) is 52.9 Å². The lowest BCUT2D eigenvalue weighted by Crippen LogP contribution is -2.26. The maximum atomic E-state index is 10.7. The van der Waals surface area contributed by atoms with E-state index < -0.39 is 10.0 Å². The molecule has 0 fully saturated rings. The molecular formula is C14H38N2O6S. The van der Waals surface area contributed by atoms with E-state index in [0.717, 1.165) is 12.8 Å². The van der Waals surface area contributed by atoms with Crippen LogP contribution < -0.4 is 10.0 Å². The van der Waals surface area contributed by atoms with E-state index in [9.17, 15) is 8.42 Å². The summed E-state index contributed by atoms with van der Waals surface area (Å²) in [6.45, 7) is 9.17. The summed E-state index contributed by atoms with van der Waals surface area (Å²) in [5, 5.41) is 2.99. The number of hydrogen-bond acceptors (Lipinski definition) is 7. The fourth-order valence-corrected chi connectivity index (χ4v) is 1.69. The lowest BCUT2D eigenvalue weighted by atomic mass is 10.6. The second-order valence-electron chi connectivity index (χ2n) is 4.22. The van der Waals surface area contributed by atoms with Gasteiger partial charge in [-0.15, -0.1) is 0 Å². The minimum Gasteiger partial charge on any atom is -0.378 e. The highest BCUT2D eigenvalue weighted by Crippen LogP contribution is 1.83. The lowest BCUT2D eigenvalue weighted by Gasteiger charge is -2.07. The van der Waals surface area contributed by atoms with Gasteiger partial charge < -0.3 is 24.3 Å². The summed E-state index contributed by atoms with van der Waals surface area (Å²) in [5.74, 6) is 0. The van der Waals surface area contributed by atoms with E-state index >= 15 is 0 Å². The Balaban J connectivity index is -0.000000530. The Kier molecular flexibility index (Phi) is 21.4. The SMILES string of the molecule is CC.CNCCOCCOCCOCCOCCNS(C)(=O)=O.[HH].[HH]. The minimum atomic E-state index is -3.13. The van der Waals surface area contributed by atoms with Crippen molar-refractivity contribution in [3.63, 3.8) is 0 Å². The van der Waals surface area contributed by atoms with Crippen LogP contribution in [-0.2, 0) is 29.0 Å². The van der Waals surface area contributed by atoms with E-state index in [4.69, 9.17) is 18.9 Å². The smallest absolute Gasteiger partial charge is 0.208 e. The molecule has 0 aliphatic carbocycles. The van der Waals surface area contributed by atoms with Crippen LogP contribution in [0.1, 0.15) is 16.7 Å². The molecule has 0 saturated heterocycles. The van der Waals surface area contributed by atoms with Crippen LogP contribution in [0.25, 0.3) is 0 Å². The van der Waals surface area contributed by atoms with E-state index in [1.165, 1.54) is 0 Å². The van der Waals surface area contributed by atoms with Gasteiger partial charge in [0.15, 0.2) is 0 Å². The molecule has 0 spiro atoms. The standard InChI is InChI=1S/C12H28N2O6S.C2H6.2H2/c1-13-3-5-17-7-9-19-11-12-20-10-8-18-6-4-14-21(2,15)16;1-2;;/h13-14H,3-12H2,1-2H3;1-2H3;2*1H. The van der Waals surface area contributed by atoms with E-state index in [1.54, 1.807) is 0 Å². The van der Waals surface area contributed by atoms with Gasteiger partial charge in [-0.3, -0.25) is 0 Å². The second kappa shape index (κ2) is 19.8. The number of hydrogen-bond donors (Lipinski definition) is 2. The Morgan fingerprint density at radius 1 is 0.739 bits per heavy atom. The molecule has 0 heterocycles. The first-order valence-electron chi connectivity index (χ1n) is 7.96. The van der Waals surface area contributed by atoms with E-state index in [1.807, 2.05) is 20.9 Å². The van der Waals surface area contributed by atoms with Crippen LogP contribution in [0.3, 0.4) is 0 Å². The third kappa shape index (κ3) is 26.9. The molecule has 0 amide bonds. The maximum absolute atomic E-state index is 10.7. The van der Waals surface area contributed by atoms with Crippen LogP contribution in [0.5, 0.6) is 0 Å². The Bertz CT molecular complexity index is 324. The molecule has 0 unspecified atom stereocenters. The first kappa shape index (κ1) is 25.0. The van der Waals surface area contributed by atoms with Gasteiger partial charge in [0.25, 0.3) is 0 Å². The van der Waals surface area contributed by atoms with Gasteiger partial charge >= 0.3 is 0 Å². The number of nitrogens with one attached hydrogen (secondary N) is 2. The average molecular weight is 363 g/mol. The maximum Gasteiger partial charge on any atom is 0.208 e. The molecule has 0 saturated carbocycles. The van der Waals surface area contributed by atoms with Gasteiger partial charge in [-0.2, -0.15) is 0 Å². The molecule has 0 aromatic heterocycles.